The molecule has 1 aromatic heterocycles. The number of rotatable bonds is 5. The fourth-order valence-electron chi connectivity index (χ4n) is 2.67. The van der Waals surface area contributed by atoms with E-state index in [1.807, 2.05) is 0 Å². The number of benzene rings is 1. The predicted octanol–water partition coefficient (Wildman–Crippen LogP) is 0.980. The second kappa shape index (κ2) is 7.27. The summed E-state index contributed by atoms with van der Waals surface area (Å²) in [5.74, 6) is -1.10. The third-order valence-corrected chi connectivity index (χ3v) is 3.86. The molecule has 1 aromatic carbocycles. The van der Waals surface area contributed by atoms with Gasteiger partial charge in [0.1, 0.15) is 0 Å². The zero-order valence-corrected chi connectivity index (χ0v) is 13.0. The van der Waals surface area contributed by atoms with Crippen molar-refractivity contribution in [2.24, 2.45) is 0 Å². The van der Waals surface area contributed by atoms with Crippen molar-refractivity contribution in [1.82, 2.24) is 10.3 Å². The maximum Gasteiger partial charge on any atom is 0.339 e. The lowest BCUT2D eigenvalue weighted by atomic mass is 10.1. The average molecular weight is 330 g/mol. The molecule has 3 rings (SSSR count). The van der Waals surface area contributed by atoms with E-state index in [4.69, 9.17) is 9.47 Å². The summed E-state index contributed by atoms with van der Waals surface area (Å²) in [6.07, 6.45) is 1.94. The predicted molar refractivity (Wildman–Crippen MR) is 86.8 cm³/mol. The Bertz CT molecular complexity index is 808. The van der Waals surface area contributed by atoms with Gasteiger partial charge < -0.3 is 19.8 Å². The van der Waals surface area contributed by atoms with Crippen molar-refractivity contribution in [2.45, 2.75) is 18.9 Å². The number of nitrogens with one attached hydrogen (secondary N) is 2. The van der Waals surface area contributed by atoms with Crippen LogP contribution in [0.25, 0.3) is 10.9 Å². The number of hydrogen-bond acceptors (Lipinski definition) is 5. The third-order valence-electron chi connectivity index (χ3n) is 3.86. The Morgan fingerprint density at radius 2 is 2.17 bits per heavy atom. The molecule has 1 aliphatic heterocycles. The van der Waals surface area contributed by atoms with Gasteiger partial charge in [0.15, 0.2) is 6.61 Å². The van der Waals surface area contributed by atoms with E-state index in [0.29, 0.717) is 24.1 Å². The highest BCUT2D eigenvalue weighted by Gasteiger charge is 2.18. The van der Waals surface area contributed by atoms with E-state index in [-0.39, 0.29) is 11.7 Å². The number of fused-ring (bicyclic) bond motifs is 1. The smallest absolute Gasteiger partial charge is 0.339 e. The lowest BCUT2D eigenvalue weighted by Gasteiger charge is -2.11. The quantitative estimate of drug-likeness (QED) is 0.797. The van der Waals surface area contributed by atoms with Crippen LogP contribution in [0.2, 0.25) is 0 Å². The SMILES string of the molecule is O=C(COC(=O)c1cc(=O)[nH]c2ccccc12)NCC1CCCO1. The number of aromatic nitrogens is 1. The zero-order chi connectivity index (χ0) is 16.9. The van der Waals surface area contributed by atoms with E-state index in [9.17, 15) is 14.4 Å². The van der Waals surface area contributed by atoms with Gasteiger partial charge in [-0.15, -0.1) is 0 Å². The van der Waals surface area contributed by atoms with Crippen LogP contribution in [0.15, 0.2) is 35.1 Å². The Hall–Kier alpha value is -2.67. The molecule has 2 N–H and O–H groups in total. The van der Waals surface area contributed by atoms with Gasteiger partial charge in [0, 0.05) is 30.1 Å². The number of pyridine rings is 1. The topological polar surface area (TPSA) is 97.5 Å². The van der Waals surface area contributed by atoms with Crippen LogP contribution in [0.5, 0.6) is 0 Å². The van der Waals surface area contributed by atoms with Gasteiger partial charge in [-0.2, -0.15) is 0 Å². The van der Waals surface area contributed by atoms with Crippen LogP contribution in [-0.4, -0.2) is 42.7 Å². The van der Waals surface area contributed by atoms with Crippen molar-refractivity contribution >= 4 is 22.8 Å². The standard InChI is InChI=1S/C17H18N2O5/c20-15-8-13(12-5-1-2-6-14(12)19-15)17(22)24-10-16(21)18-9-11-4-3-7-23-11/h1-2,5-6,8,11H,3-4,7,9-10H2,(H,18,21)(H,19,20). The number of amides is 1. The minimum atomic E-state index is -0.704. The molecule has 1 saturated heterocycles. The van der Waals surface area contributed by atoms with Gasteiger partial charge in [-0.1, -0.05) is 18.2 Å². The minimum Gasteiger partial charge on any atom is -0.452 e. The number of ether oxygens (including phenoxy) is 2. The normalized spacial score (nSPS) is 16.9. The summed E-state index contributed by atoms with van der Waals surface area (Å²) in [5.41, 5.74) is 0.282. The molecule has 0 aliphatic carbocycles. The van der Waals surface area contributed by atoms with E-state index in [1.165, 1.54) is 6.07 Å². The highest BCUT2D eigenvalue weighted by Crippen LogP contribution is 2.15. The van der Waals surface area contributed by atoms with E-state index < -0.39 is 24.0 Å². The molecule has 1 amide bonds. The number of para-hydroxylation sites is 1. The number of esters is 1. The molecule has 1 fully saturated rings. The van der Waals surface area contributed by atoms with Crippen molar-refractivity contribution in [3.8, 4) is 0 Å². The van der Waals surface area contributed by atoms with Crippen molar-refractivity contribution in [3.05, 3.63) is 46.2 Å². The summed E-state index contributed by atoms with van der Waals surface area (Å²) >= 11 is 0. The van der Waals surface area contributed by atoms with Crippen molar-refractivity contribution in [3.63, 3.8) is 0 Å². The maximum atomic E-state index is 12.2. The van der Waals surface area contributed by atoms with Crippen LogP contribution in [-0.2, 0) is 14.3 Å². The summed E-state index contributed by atoms with van der Waals surface area (Å²) in [4.78, 5) is 38.2. The van der Waals surface area contributed by atoms with Crippen LogP contribution >= 0.6 is 0 Å². The van der Waals surface area contributed by atoms with Crippen molar-refractivity contribution in [1.29, 1.82) is 0 Å². The average Bonchev–Trinajstić information content (AvgIpc) is 3.10. The fraction of sp³-hybridized carbons (Fsp3) is 0.353. The number of carbonyl (C=O) groups is 2. The number of carbonyl (C=O) groups excluding carboxylic acids is 2. The first-order chi connectivity index (χ1) is 11.6. The maximum absolute atomic E-state index is 12.2. The van der Waals surface area contributed by atoms with Crippen LogP contribution in [0.3, 0.4) is 0 Å². The molecule has 0 spiro atoms. The van der Waals surface area contributed by atoms with E-state index >= 15 is 0 Å². The fourth-order valence-corrected chi connectivity index (χ4v) is 2.67. The number of aromatic amines is 1. The first-order valence-electron chi connectivity index (χ1n) is 7.81. The van der Waals surface area contributed by atoms with Gasteiger partial charge >= 0.3 is 5.97 Å². The van der Waals surface area contributed by atoms with Gasteiger partial charge in [-0.3, -0.25) is 9.59 Å². The van der Waals surface area contributed by atoms with Gasteiger partial charge in [-0.25, -0.2) is 4.79 Å². The molecule has 0 saturated carbocycles. The molecule has 1 unspecified atom stereocenters. The molecule has 7 nitrogen and oxygen atoms in total. The molecule has 0 radical (unpaired) electrons. The van der Waals surface area contributed by atoms with Gasteiger partial charge in [-0.05, 0) is 18.9 Å². The van der Waals surface area contributed by atoms with Crippen LogP contribution in [0.1, 0.15) is 23.2 Å². The zero-order valence-electron chi connectivity index (χ0n) is 13.0. The van der Waals surface area contributed by atoms with Gasteiger partial charge in [0.2, 0.25) is 5.56 Å². The molecular formula is C17H18N2O5. The highest BCUT2D eigenvalue weighted by molar-refractivity contribution is 6.03. The van der Waals surface area contributed by atoms with Crippen LogP contribution in [0, 0.1) is 0 Å². The molecule has 7 heteroatoms. The Labute approximate surface area is 138 Å². The Balaban J connectivity index is 1.60. The van der Waals surface area contributed by atoms with Crippen molar-refractivity contribution < 1.29 is 19.1 Å². The second-order valence-corrected chi connectivity index (χ2v) is 5.61. The molecule has 0 bridgehead atoms. The molecule has 24 heavy (non-hydrogen) atoms. The Morgan fingerprint density at radius 1 is 1.33 bits per heavy atom. The van der Waals surface area contributed by atoms with Gasteiger partial charge in [0.05, 0.1) is 11.7 Å². The largest absolute Gasteiger partial charge is 0.452 e. The first kappa shape index (κ1) is 16.2. The van der Waals surface area contributed by atoms with E-state index in [1.54, 1.807) is 24.3 Å². The molecule has 126 valence electrons. The van der Waals surface area contributed by atoms with Crippen LogP contribution < -0.4 is 10.9 Å². The second-order valence-electron chi connectivity index (χ2n) is 5.61. The summed E-state index contributed by atoms with van der Waals surface area (Å²) in [5, 5.41) is 3.24. The summed E-state index contributed by atoms with van der Waals surface area (Å²) in [6, 6.07) is 8.09. The van der Waals surface area contributed by atoms with Gasteiger partial charge in [0.25, 0.3) is 5.91 Å². The third kappa shape index (κ3) is 3.80. The number of hydrogen-bond donors (Lipinski definition) is 2. The van der Waals surface area contributed by atoms with E-state index in [0.717, 1.165) is 12.8 Å². The van der Waals surface area contributed by atoms with E-state index in [2.05, 4.69) is 10.3 Å². The highest BCUT2D eigenvalue weighted by atomic mass is 16.5. The molecule has 1 atom stereocenters. The summed E-state index contributed by atoms with van der Waals surface area (Å²) < 4.78 is 10.4. The lowest BCUT2D eigenvalue weighted by Crippen LogP contribution is -2.34. The van der Waals surface area contributed by atoms with Crippen molar-refractivity contribution in [2.75, 3.05) is 19.8 Å². The monoisotopic (exact) mass is 330 g/mol. The Kier molecular flexibility index (Phi) is 4.90. The summed E-state index contributed by atoms with van der Waals surface area (Å²) in [7, 11) is 0. The summed E-state index contributed by atoms with van der Waals surface area (Å²) in [6.45, 7) is 0.724. The lowest BCUT2D eigenvalue weighted by molar-refractivity contribution is -0.124. The molecule has 2 heterocycles. The number of H-pyrrole nitrogens is 1. The minimum absolute atomic E-state index is 0.0290. The molecular weight excluding hydrogens is 312 g/mol. The van der Waals surface area contributed by atoms with Crippen LogP contribution in [0.4, 0.5) is 0 Å². The first-order valence-corrected chi connectivity index (χ1v) is 7.81. The molecule has 2 aromatic rings. The molecule has 1 aliphatic rings. The Morgan fingerprint density at radius 3 is 2.96 bits per heavy atom.